The summed E-state index contributed by atoms with van der Waals surface area (Å²) in [5, 5.41) is 15.8. The first-order valence-corrected chi connectivity index (χ1v) is 14.5. The van der Waals surface area contributed by atoms with Crippen LogP contribution in [0, 0.1) is 5.41 Å². The van der Waals surface area contributed by atoms with Crippen LogP contribution in [0.2, 0.25) is 0 Å². The van der Waals surface area contributed by atoms with Crippen molar-refractivity contribution in [2.75, 3.05) is 19.8 Å². The molecule has 4 rings (SSSR count). The van der Waals surface area contributed by atoms with Crippen LogP contribution in [0.4, 0.5) is 0 Å². The number of hydrazone groups is 1. The number of aliphatic imine (C=N–C) groups is 1. The molecule has 1 amide bonds. The highest BCUT2D eigenvalue weighted by atomic mass is 79.9. The smallest absolute Gasteiger partial charge is 0.283 e. The molecule has 0 fully saturated rings. The summed E-state index contributed by atoms with van der Waals surface area (Å²) >= 11 is 4.92. The maximum Gasteiger partial charge on any atom is 0.283 e. The summed E-state index contributed by atoms with van der Waals surface area (Å²) < 4.78 is 18.4. The van der Waals surface area contributed by atoms with E-state index in [0.29, 0.717) is 46.5 Å². The molecular formula is C29H33BrN4O4S. The zero-order valence-electron chi connectivity index (χ0n) is 22.8. The van der Waals surface area contributed by atoms with Gasteiger partial charge in [-0.05, 0) is 94.3 Å². The number of fused-ring (bicyclic) bond motifs is 1. The van der Waals surface area contributed by atoms with E-state index in [1.807, 2.05) is 25.1 Å². The molecule has 0 radical (unpaired) electrons. The molecule has 8 nitrogen and oxygen atoms in total. The molecule has 0 saturated carbocycles. The van der Waals surface area contributed by atoms with Gasteiger partial charge in [0.2, 0.25) is 5.17 Å². The van der Waals surface area contributed by atoms with E-state index in [0.717, 1.165) is 23.6 Å². The van der Waals surface area contributed by atoms with Crippen LogP contribution in [0.3, 0.4) is 0 Å². The first kappa shape index (κ1) is 28.9. The van der Waals surface area contributed by atoms with Crippen molar-refractivity contribution in [3.8, 4) is 17.2 Å². The van der Waals surface area contributed by atoms with Gasteiger partial charge in [0.15, 0.2) is 17.3 Å². The molecule has 2 aromatic carbocycles. The minimum absolute atomic E-state index is 0.00527. The van der Waals surface area contributed by atoms with E-state index in [1.54, 1.807) is 12.1 Å². The Hall–Kier alpha value is -3.11. The van der Waals surface area contributed by atoms with Crippen LogP contribution in [0.25, 0.3) is 6.08 Å². The number of carbonyl (C=O) groups is 1. The van der Waals surface area contributed by atoms with Crippen LogP contribution in [0.1, 0.15) is 58.6 Å². The molecule has 2 heterocycles. The van der Waals surface area contributed by atoms with E-state index < -0.39 is 5.91 Å². The van der Waals surface area contributed by atoms with Crippen LogP contribution in [0.15, 0.2) is 56.5 Å². The quantitative estimate of drug-likeness (QED) is 0.229. The van der Waals surface area contributed by atoms with E-state index in [1.165, 1.54) is 22.3 Å². The van der Waals surface area contributed by atoms with Crippen molar-refractivity contribution in [1.29, 1.82) is 5.41 Å². The van der Waals surface area contributed by atoms with Gasteiger partial charge in [0.1, 0.15) is 24.0 Å². The lowest BCUT2D eigenvalue weighted by Gasteiger charge is -2.20. The van der Waals surface area contributed by atoms with Gasteiger partial charge >= 0.3 is 0 Å². The Morgan fingerprint density at radius 3 is 2.46 bits per heavy atom. The minimum atomic E-state index is -0.464. The fourth-order valence-electron chi connectivity index (χ4n) is 3.94. The summed E-state index contributed by atoms with van der Waals surface area (Å²) in [5.41, 5.74) is 2.17. The number of carbonyl (C=O) groups excluding carboxylic acids is 1. The molecule has 39 heavy (non-hydrogen) atoms. The Labute approximate surface area is 242 Å². The molecule has 0 unspecified atom stereocenters. The van der Waals surface area contributed by atoms with Crippen LogP contribution in [-0.2, 0) is 10.2 Å². The number of nitrogens with zero attached hydrogens (tertiary/aromatic N) is 3. The summed E-state index contributed by atoms with van der Waals surface area (Å²) in [6, 6.07) is 11.7. The average Bonchev–Trinajstić information content (AvgIpc) is 3.28. The molecule has 0 bridgehead atoms. The number of amidine groups is 2. The summed E-state index contributed by atoms with van der Waals surface area (Å²) in [6.45, 7) is 11.6. The Morgan fingerprint density at radius 2 is 1.79 bits per heavy atom. The number of thioether (sulfide) groups is 1. The summed E-state index contributed by atoms with van der Waals surface area (Å²) in [6.07, 6.45) is 3.34. The number of halogens is 1. The molecule has 0 spiro atoms. The lowest BCUT2D eigenvalue weighted by Crippen LogP contribution is -2.35. The topological polar surface area (TPSA) is 96.6 Å². The van der Waals surface area contributed by atoms with Crippen LogP contribution < -0.4 is 14.2 Å². The second-order valence-corrected chi connectivity index (χ2v) is 11.9. The van der Waals surface area contributed by atoms with E-state index >= 15 is 0 Å². The molecular weight excluding hydrogens is 580 g/mol. The van der Waals surface area contributed by atoms with Gasteiger partial charge in [-0.3, -0.25) is 10.2 Å². The molecule has 206 valence electrons. The molecule has 0 atom stereocenters. The van der Waals surface area contributed by atoms with Crippen LogP contribution in [0.5, 0.6) is 17.2 Å². The highest BCUT2D eigenvalue weighted by Gasteiger charge is 2.35. The predicted molar refractivity (Wildman–Crippen MR) is 161 cm³/mol. The maximum atomic E-state index is 12.8. The molecule has 2 aliphatic rings. The molecule has 10 heteroatoms. The minimum Gasteiger partial charge on any atom is -0.490 e. The second-order valence-electron chi connectivity index (χ2n) is 10.00. The van der Waals surface area contributed by atoms with E-state index in [4.69, 9.17) is 19.6 Å². The fraction of sp³-hybridized carbons (Fsp3) is 0.379. The van der Waals surface area contributed by atoms with Gasteiger partial charge in [-0.15, -0.1) is 0 Å². The fourth-order valence-corrected chi connectivity index (χ4v) is 5.50. The van der Waals surface area contributed by atoms with Gasteiger partial charge < -0.3 is 14.2 Å². The Bertz CT molecular complexity index is 1350. The predicted octanol–water partition coefficient (Wildman–Crippen LogP) is 7.02. The van der Waals surface area contributed by atoms with Crippen LogP contribution in [-0.4, -0.2) is 46.8 Å². The third kappa shape index (κ3) is 6.91. The van der Waals surface area contributed by atoms with Crippen molar-refractivity contribution < 1.29 is 19.0 Å². The largest absolute Gasteiger partial charge is 0.490 e. The lowest BCUT2D eigenvalue weighted by molar-refractivity contribution is -0.114. The van der Waals surface area contributed by atoms with Crippen molar-refractivity contribution in [3.05, 3.63) is 57.6 Å². The van der Waals surface area contributed by atoms with Crippen molar-refractivity contribution in [1.82, 2.24) is 5.01 Å². The number of ether oxygens (including phenoxy) is 3. The van der Waals surface area contributed by atoms with Gasteiger partial charge in [-0.2, -0.15) is 15.1 Å². The first-order chi connectivity index (χ1) is 18.6. The van der Waals surface area contributed by atoms with Gasteiger partial charge in [-0.25, -0.2) is 0 Å². The third-order valence-corrected chi connectivity index (χ3v) is 7.48. The number of hydrogen-bond acceptors (Lipinski definition) is 7. The molecule has 0 aromatic heterocycles. The Balaban J connectivity index is 1.46. The standard InChI is InChI=1S/C29H33BrN4O4S/c1-6-8-24-33-34-26(31)21(27(35)32-28(34)39-24)15-18-16-22(30)25(23(17-18)36-7-2)38-14-13-37-20-11-9-19(10-12-20)29(3,4)5/h9-12,15-17,31H,6-8,13-14H2,1-5H3/b21-15-,31-26?. The highest BCUT2D eigenvalue weighted by molar-refractivity contribution is 9.10. The van der Waals surface area contributed by atoms with Gasteiger partial charge in [0.25, 0.3) is 5.91 Å². The second kappa shape index (κ2) is 12.4. The van der Waals surface area contributed by atoms with E-state index in [9.17, 15) is 4.79 Å². The average molecular weight is 614 g/mol. The maximum absolute atomic E-state index is 12.8. The molecule has 1 N–H and O–H groups in total. The first-order valence-electron chi connectivity index (χ1n) is 12.9. The Kier molecular flexibility index (Phi) is 9.17. The number of hydrogen-bond donors (Lipinski definition) is 1. The van der Waals surface area contributed by atoms with Gasteiger partial charge in [-0.1, -0.05) is 39.8 Å². The zero-order chi connectivity index (χ0) is 28.2. The Morgan fingerprint density at radius 1 is 1.08 bits per heavy atom. The van der Waals surface area contributed by atoms with Crippen molar-refractivity contribution >= 4 is 55.7 Å². The molecule has 0 saturated heterocycles. The van der Waals surface area contributed by atoms with Crippen molar-refractivity contribution in [2.45, 2.75) is 52.9 Å². The summed E-state index contributed by atoms with van der Waals surface area (Å²) in [7, 11) is 0. The van der Waals surface area contributed by atoms with Crippen molar-refractivity contribution in [3.63, 3.8) is 0 Å². The van der Waals surface area contributed by atoms with Crippen LogP contribution >= 0.6 is 27.7 Å². The monoisotopic (exact) mass is 612 g/mol. The van der Waals surface area contributed by atoms with E-state index in [2.05, 4.69) is 65.9 Å². The van der Waals surface area contributed by atoms with Crippen molar-refractivity contribution in [2.24, 2.45) is 10.1 Å². The van der Waals surface area contributed by atoms with Gasteiger partial charge in [0.05, 0.1) is 16.7 Å². The summed E-state index contributed by atoms with van der Waals surface area (Å²) in [4.78, 5) is 16.9. The third-order valence-electron chi connectivity index (χ3n) is 5.92. The molecule has 0 aliphatic carbocycles. The normalized spacial score (nSPS) is 16.3. The molecule has 2 aliphatic heterocycles. The number of amides is 1. The van der Waals surface area contributed by atoms with E-state index in [-0.39, 0.29) is 16.8 Å². The molecule has 2 aromatic rings. The number of rotatable bonds is 10. The summed E-state index contributed by atoms with van der Waals surface area (Å²) in [5.74, 6) is 1.39. The SMILES string of the molecule is CCCC1=NN2C(=N)/C(=C/c3cc(Br)c(OCCOc4ccc(C(C)(C)C)cc4)c(OCC)c3)C(=O)N=C2S1. The van der Waals surface area contributed by atoms with Gasteiger partial charge in [0, 0.05) is 0 Å². The number of nitrogens with one attached hydrogen (secondary N) is 1. The highest BCUT2D eigenvalue weighted by Crippen LogP contribution is 2.38. The zero-order valence-corrected chi connectivity index (χ0v) is 25.2. The lowest BCUT2D eigenvalue weighted by atomic mass is 9.87. The number of benzene rings is 2.